The van der Waals surface area contributed by atoms with Gasteiger partial charge in [-0.25, -0.2) is 0 Å². The van der Waals surface area contributed by atoms with Crippen LogP contribution in [0.1, 0.15) is 64.4 Å². The van der Waals surface area contributed by atoms with Gasteiger partial charge in [0.05, 0.1) is 0 Å². The zero-order chi connectivity index (χ0) is 19.4. The quantitative estimate of drug-likeness (QED) is 0.643. The summed E-state index contributed by atoms with van der Waals surface area (Å²) < 4.78 is 0. The van der Waals surface area contributed by atoms with E-state index in [1.54, 1.807) is 72.8 Å². The van der Waals surface area contributed by atoms with Gasteiger partial charge >= 0.3 is 0 Å². The Morgan fingerprint density at radius 1 is 0.429 bits per heavy atom. The van der Waals surface area contributed by atoms with Gasteiger partial charge in [-0.15, -0.1) is 0 Å². The van der Waals surface area contributed by atoms with Gasteiger partial charge < -0.3 is 0 Å². The summed E-state index contributed by atoms with van der Waals surface area (Å²) in [4.78, 5) is 51.2. The Morgan fingerprint density at radius 3 is 1.07 bits per heavy atom. The maximum absolute atomic E-state index is 12.8. The van der Waals surface area contributed by atoms with Crippen LogP contribution in [0.3, 0.4) is 0 Å². The monoisotopic (exact) mass is 366 g/mol. The van der Waals surface area contributed by atoms with Gasteiger partial charge in [-0.05, 0) is 11.1 Å². The number of benzene rings is 3. The molecule has 2 aliphatic rings. The number of hydrogen-bond acceptors (Lipinski definition) is 4. The minimum atomic E-state index is -0.925. The molecule has 134 valence electrons. The predicted molar refractivity (Wildman–Crippen MR) is 102 cm³/mol. The van der Waals surface area contributed by atoms with Crippen molar-refractivity contribution in [1.29, 1.82) is 0 Å². The van der Waals surface area contributed by atoms with Crippen molar-refractivity contribution in [3.63, 3.8) is 0 Å². The standard InChI is InChI=1S/C24H14O4/c25-21-15-8-1-2-9-16(15)22(26)19(21)13-6-5-7-14(12-13)20-23(27)17-10-3-4-11-18(17)24(20)28/h1-12,19-20H. The van der Waals surface area contributed by atoms with Crippen molar-refractivity contribution in [2.75, 3.05) is 0 Å². The summed E-state index contributed by atoms with van der Waals surface area (Å²) in [6.45, 7) is 0. The third kappa shape index (κ3) is 2.18. The molecule has 0 atom stereocenters. The van der Waals surface area contributed by atoms with Crippen LogP contribution < -0.4 is 0 Å². The van der Waals surface area contributed by atoms with E-state index in [0.717, 1.165) is 0 Å². The van der Waals surface area contributed by atoms with Crippen LogP contribution >= 0.6 is 0 Å². The predicted octanol–water partition coefficient (Wildman–Crippen LogP) is 4.01. The second-order valence-corrected chi connectivity index (χ2v) is 7.08. The molecule has 5 rings (SSSR count). The van der Waals surface area contributed by atoms with Crippen molar-refractivity contribution in [2.24, 2.45) is 0 Å². The fourth-order valence-electron chi connectivity index (χ4n) is 4.21. The van der Waals surface area contributed by atoms with E-state index in [0.29, 0.717) is 33.4 Å². The minimum absolute atomic E-state index is 0.245. The molecule has 4 heteroatoms. The molecule has 0 N–H and O–H groups in total. The van der Waals surface area contributed by atoms with E-state index in [9.17, 15) is 19.2 Å². The second-order valence-electron chi connectivity index (χ2n) is 7.08. The summed E-state index contributed by atoms with van der Waals surface area (Å²) in [5.41, 5.74) is 2.71. The van der Waals surface area contributed by atoms with Crippen LogP contribution in [0, 0.1) is 0 Å². The summed E-state index contributed by atoms with van der Waals surface area (Å²) in [5.74, 6) is -2.83. The van der Waals surface area contributed by atoms with Crippen LogP contribution in [0.5, 0.6) is 0 Å². The SMILES string of the molecule is O=C1c2ccccc2C(=O)C1c1cccc(C2C(=O)c3ccccc3C2=O)c1. The Bertz CT molecular complexity index is 1040. The van der Waals surface area contributed by atoms with Crippen molar-refractivity contribution in [3.8, 4) is 0 Å². The molecule has 0 radical (unpaired) electrons. The molecule has 4 nitrogen and oxygen atoms in total. The van der Waals surface area contributed by atoms with E-state index in [4.69, 9.17) is 0 Å². The number of fused-ring (bicyclic) bond motifs is 2. The van der Waals surface area contributed by atoms with Crippen LogP contribution in [-0.2, 0) is 0 Å². The molecule has 0 saturated heterocycles. The molecule has 0 bridgehead atoms. The highest BCUT2D eigenvalue weighted by atomic mass is 16.2. The average Bonchev–Trinajstić information content (AvgIpc) is 3.13. The van der Waals surface area contributed by atoms with Gasteiger partial charge in [0.1, 0.15) is 11.8 Å². The second kappa shape index (κ2) is 5.92. The van der Waals surface area contributed by atoms with Crippen molar-refractivity contribution in [2.45, 2.75) is 11.8 Å². The fourth-order valence-corrected chi connectivity index (χ4v) is 4.21. The zero-order valence-corrected chi connectivity index (χ0v) is 14.7. The van der Waals surface area contributed by atoms with Gasteiger partial charge in [-0.2, -0.15) is 0 Å². The van der Waals surface area contributed by atoms with E-state index in [1.807, 2.05) is 0 Å². The third-order valence-electron chi connectivity index (χ3n) is 5.54. The molecule has 3 aromatic rings. The van der Waals surface area contributed by atoms with Gasteiger partial charge in [-0.1, -0.05) is 72.8 Å². The normalized spacial score (nSPS) is 16.6. The largest absolute Gasteiger partial charge is 0.293 e. The average molecular weight is 366 g/mol. The van der Waals surface area contributed by atoms with Crippen LogP contribution in [-0.4, -0.2) is 23.1 Å². The highest BCUT2D eigenvalue weighted by Gasteiger charge is 2.42. The molecule has 0 amide bonds. The molecular weight excluding hydrogens is 352 g/mol. The summed E-state index contributed by atoms with van der Waals surface area (Å²) >= 11 is 0. The zero-order valence-electron chi connectivity index (χ0n) is 14.7. The lowest BCUT2D eigenvalue weighted by atomic mass is 9.88. The van der Waals surface area contributed by atoms with E-state index in [-0.39, 0.29) is 23.1 Å². The van der Waals surface area contributed by atoms with Gasteiger partial charge in [0.2, 0.25) is 0 Å². The first kappa shape index (κ1) is 16.5. The van der Waals surface area contributed by atoms with Crippen LogP contribution in [0.15, 0.2) is 72.8 Å². The smallest absolute Gasteiger partial charge is 0.178 e. The van der Waals surface area contributed by atoms with E-state index in [1.165, 1.54) is 0 Å². The molecule has 0 fully saturated rings. The Balaban J connectivity index is 1.56. The summed E-state index contributed by atoms with van der Waals surface area (Å²) in [7, 11) is 0. The number of ketones is 4. The fraction of sp³-hybridized carbons (Fsp3) is 0.0833. The number of carbonyl (C=O) groups excluding carboxylic acids is 4. The lowest BCUT2D eigenvalue weighted by Crippen LogP contribution is -2.16. The summed E-state index contributed by atoms with van der Waals surface area (Å²) in [6.07, 6.45) is 0. The number of rotatable bonds is 2. The third-order valence-corrected chi connectivity index (χ3v) is 5.54. The Labute approximate surface area is 160 Å². The number of hydrogen-bond donors (Lipinski definition) is 0. The minimum Gasteiger partial charge on any atom is -0.293 e. The van der Waals surface area contributed by atoms with Crippen LogP contribution in [0.4, 0.5) is 0 Å². The van der Waals surface area contributed by atoms with Crippen molar-refractivity contribution < 1.29 is 19.2 Å². The van der Waals surface area contributed by atoms with Gasteiger partial charge in [-0.3, -0.25) is 19.2 Å². The molecule has 0 spiro atoms. The Morgan fingerprint density at radius 2 is 0.750 bits per heavy atom. The first-order chi connectivity index (χ1) is 13.6. The maximum atomic E-state index is 12.8. The summed E-state index contributed by atoms with van der Waals surface area (Å²) in [5, 5.41) is 0. The molecule has 2 aliphatic carbocycles. The van der Waals surface area contributed by atoms with Crippen molar-refractivity contribution >= 4 is 23.1 Å². The van der Waals surface area contributed by atoms with Gasteiger partial charge in [0, 0.05) is 22.3 Å². The highest BCUT2D eigenvalue weighted by Crippen LogP contribution is 2.38. The van der Waals surface area contributed by atoms with E-state index >= 15 is 0 Å². The first-order valence-electron chi connectivity index (χ1n) is 9.02. The molecule has 0 heterocycles. The van der Waals surface area contributed by atoms with Crippen molar-refractivity contribution in [3.05, 3.63) is 106 Å². The van der Waals surface area contributed by atoms with Crippen LogP contribution in [0.2, 0.25) is 0 Å². The Kier molecular flexibility index (Phi) is 3.49. The van der Waals surface area contributed by atoms with E-state index in [2.05, 4.69) is 0 Å². The van der Waals surface area contributed by atoms with Crippen molar-refractivity contribution in [1.82, 2.24) is 0 Å². The Hall–Kier alpha value is -3.66. The maximum Gasteiger partial charge on any atom is 0.178 e. The summed E-state index contributed by atoms with van der Waals surface area (Å²) in [6, 6.07) is 20.3. The van der Waals surface area contributed by atoms with Gasteiger partial charge in [0.15, 0.2) is 23.1 Å². The molecule has 3 aromatic carbocycles. The molecule has 28 heavy (non-hydrogen) atoms. The van der Waals surface area contributed by atoms with Gasteiger partial charge in [0.25, 0.3) is 0 Å². The van der Waals surface area contributed by atoms with Crippen LogP contribution in [0.25, 0.3) is 0 Å². The molecular formula is C24H14O4. The lowest BCUT2D eigenvalue weighted by molar-refractivity contribution is 0.0877. The highest BCUT2D eigenvalue weighted by molar-refractivity contribution is 6.31. The topological polar surface area (TPSA) is 68.3 Å². The molecule has 0 saturated carbocycles. The number of carbonyl (C=O) groups is 4. The molecule has 0 unspecified atom stereocenters. The molecule has 0 aromatic heterocycles. The molecule has 0 aliphatic heterocycles. The first-order valence-corrected chi connectivity index (χ1v) is 9.02. The van der Waals surface area contributed by atoms with E-state index < -0.39 is 11.8 Å². The lowest BCUT2D eigenvalue weighted by Gasteiger charge is -2.12. The number of Topliss-reactive ketones (excluding diaryl/α,β-unsaturated/α-hetero) is 4.